The first-order chi connectivity index (χ1) is 20.4. The summed E-state index contributed by atoms with van der Waals surface area (Å²) < 4.78 is 0. The van der Waals surface area contributed by atoms with Crippen molar-refractivity contribution in [2.24, 2.45) is 11.8 Å². The largest absolute Gasteiger partial charge is 0.369 e. The van der Waals surface area contributed by atoms with E-state index in [1.807, 2.05) is 0 Å². The predicted molar refractivity (Wildman–Crippen MR) is 183 cm³/mol. The Labute approximate surface area is 254 Å². The molecule has 1 saturated heterocycles. The van der Waals surface area contributed by atoms with Gasteiger partial charge in [-0.05, 0) is 80.6 Å². The zero-order valence-electron chi connectivity index (χ0n) is 26.2. The van der Waals surface area contributed by atoms with Gasteiger partial charge in [0.05, 0.1) is 0 Å². The van der Waals surface area contributed by atoms with Gasteiger partial charge in [0.2, 0.25) is 7.49 Å². The molecule has 6 rings (SSSR count). The molecule has 1 fully saturated rings. The number of piperazine rings is 1. The summed E-state index contributed by atoms with van der Waals surface area (Å²) in [6, 6.07) is 17.6. The van der Waals surface area contributed by atoms with Crippen molar-refractivity contribution < 1.29 is 4.89 Å². The van der Waals surface area contributed by atoms with E-state index < -0.39 is 7.49 Å². The van der Waals surface area contributed by atoms with Crippen LogP contribution in [0.3, 0.4) is 0 Å². The number of hydrogen-bond donors (Lipinski definition) is 1. The van der Waals surface area contributed by atoms with Crippen molar-refractivity contribution in [3.8, 4) is 0 Å². The number of allylic oxidation sites excluding steroid dienone is 10. The lowest BCUT2D eigenvalue weighted by molar-refractivity contribution is 0.271. The van der Waals surface area contributed by atoms with Gasteiger partial charge in [-0.3, -0.25) is 0 Å². The zero-order valence-corrected chi connectivity index (χ0v) is 27.1. The van der Waals surface area contributed by atoms with E-state index in [0.29, 0.717) is 11.8 Å². The van der Waals surface area contributed by atoms with Gasteiger partial charge >= 0.3 is 0 Å². The molecule has 2 unspecified atom stereocenters. The molecule has 2 aliphatic heterocycles. The third kappa shape index (κ3) is 4.98. The van der Waals surface area contributed by atoms with Crippen LogP contribution in [-0.2, 0) is 0 Å². The second kappa shape index (κ2) is 12.1. The van der Waals surface area contributed by atoms with Gasteiger partial charge in [-0.15, -0.1) is 0 Å². The smallest absolute Gasteiger partial charge is 0.239 e. The molecule has 220 valence electrons. The summed E-state index contributed by atoms with van der Waals surface area (Å²) in [5.74, 6) is 0.906. The molecule has 3 nitrogen and oxygen atoms in total. The highest BCUT2D eigenvalue weighted by Gasteiger charge is 2.54. The Hall–Kier alpha value is -2.71. The number of hydrogen-bond acceptors (Lipinski definition) is 3. The Morgan fingerprint density at radius 1 is 0.929 bits per heavy atom. The molecule has 2 atom stereocenters. The van der Waals surface area contributed by atoms with Crippen LogP contribution in [0.5, 0.6) is 0 Å². The van der Waals surface area contributed by atoms with Crippen molar-refractivity contribution in [3.63, 3.8) is 0 Å². The van der Waals surface area contributed by atoms with E-state index in [9.17, 15) is 4.89 Å². The second-order valence-corrected chi connectivity index (χ2v) is 15.3. The van der Waals surface area contributed by atoms with Gasteiger partial charge in [0.1, 0.15) is 15.9 Å². The van der Waals surface area contributed by atoms with Gasteiger partial charge in [0.25, 0.3) is 0 Å². The van der Waals surface area contributed by atoms with Gasteiger partial charge in [0.15, 0.2) is 0 Å². The van der Waals surface area contributed by atoms with Gasteiger partial charge in [-0.25, -0.2) is 4.89 Å². The normalized spacial score (nSPS) is 24.5. The van der Waals surface area contributed by atoms with Gasteiger partial charge in [-0.1, -0.05) is 75.6 Å². The molecular formula is C38H48N2OP+. The average molecular weight is 580 g/mol. The van der Waals surface area contributed by atoms with Crippen molar-refractivity contribution in [1.29, 1.82) is 0 Å². The summed E-state index contributed by atoms with van der Waals surface area (Å²) in [4.78, 5) is 18.5. The minimum absolute atomic E-state index is 0.333. The Morgan fingerprint density at radius 3 is 2.33 bits per heavy atom. The molecule has 4 heteroatoms. The first-order valence-corrected chi connectivity index (χ1v) is 18.0. The highest BCUT2D eigenvalue weighted by molar-refractivity contribution is 7.88. The summed E-state index contributed by atoms with van der Waals surface area (Å²) in [6.07, 6.45) is 14.2. The Morgan fingerprint density at radius 2 is 1.67 bits per heavy atom. The molecule has 2 heterocycles. The molecular weight excluding hydrogens is 531 g/mol. The molecule has 0 radical (unpaired) electrons. The van der Waals surface area contributed by atoms with E-state index in [4.69, 9.17) is 0 Å². The highest BCUT2D eigenvalue weighted by atomic mass is 31.2. The SMILES string of the molecule is CCC(CC)C1C=CC2=C(C3=C(C)CCC=C3C)c3ccc(N4CCN(CC)CC4)cc3[P+](O)(c3ccccc3)C2=C1. The minimum atomic E-state index is -2.89. The Balaban J connectivity index is 1.62. The van der Waals surface area contributed by atoms with Crippen LogP contribution in [-0.4, -0.2) is 42.5 Å². The quantitative estimate of drug-likeness (QED) is 0.337. The first kappa shape index (κ1) is 29.4. The zero-order chi connectivity index (χ0) is 29.4. The van der Waals surface area contributed by atoms with Crippen molar-refractivity contribution in [2.45, 2.75) is 60.3 Å². The van der Waals surface area contributed by atoms with Crippen molar-refractivity contribution in [1.82, 2.24) is 4.90 Å². The molecule has 0 saturated carbocycles. The average Bonchev–Trinajstić information content (AvgIpc) is 3.03. The fourth-order valence-electron chi connectivity index (χ4n) is 7.70. The summed E-state index contributed by atoms with van der Waals surface area (Å²) in [7, 11) is -2.89. The molecule has 2 aromatic carbocycles. The molecule has 1 N–H and O–H groups in total. The summed E-state index contributed by atoms with van der Waals surface area (Å²) in [6.45, 7) is 16.8. The predicted octanol–water partition coefficient (Wildman–Crippen LogP) is 8.03. The van der Waals surface area contributed by atoms with Crippen molar-refractivity contribution in [2.75, 3.05) is 37.6 Å². The van der Waals surface area contributed by atoms with Gasteiger partial charge < -0.3 is 9.80 Å². The van der Waals surface area contributed by atoms with Crippen LogP contribution in [0, 0.1) is 11.8 Å². The molecule has 2 aromatic rings. The van der Waals surface area contributed by atoms with E-state index in [0.717, 1.165) is 69.0 Å². The molecule has 0 spiro atoms. The fraction of sp³-hybridized carbons (Fsp3) is 0.421. The number of benzene rings is 2. The van der Waals surface area contributed by atoms with Crippen LogP contribution in [0.15, 0.2) is 100 Å². The van der Waals surface area contributed by atoms with E-state index >= 15 is 0 Å². The third-order valence-electron chi connectivity index (χ3n) is 10.3. The lowest BCUT2D eigenvalue weighted by atomic mass is 9.79. The minimum Gasteiger partial charge on any atom is -0.369 e. The molecule has 0 bridgehead atoms. The number of fused-ring (bicyclic) bond motifs is 2. The van der Waals surface area contributed by atoms with Crippen molar-refractivity contribution in [3.05, 3.63) is 106 Å². The van der Waals surface area contributed by atoms with E-state index in [1.165, 1.54) is 44.4 Å². The Kier molecular flexibility index (Phi) is 8.47. The van der Waals surface area contributed by atoms with E-state index in [2.05, 4.69) is 117 Å². The monoisotopic (exact) mass is 579 g/mol. The van der Waals surface area contributed by atoms with Crippen LogP contribution < -0.4 is 15.5 Å². The van der Waals surface area contributed by atoms with Gasteiger partial charge in [0, 0.05) is 60.6 Å². The molecule has 0 amide bonds. The summed E-state index contributed by atoms with van der Waals surface area (Å²) >= 11 is 0. The maximum atomic E-state index is 13.4. The maximum Gasteiger partial charge on any atom is 0.239 e. The van der Waals surface area contributed by atoms with Crippen LogP contribution in [0.25, 0.3) is 5.57 Å². The third-order valence-corrected chi connectivity index (χ3v) is 13.5. The fourth-order valence-corrected chi connectivity index (χ4v) is 10.9. The van der Waals surface area contributed by atoms with E-state index in [1.54, 1.807) is 0 Å². The molecule has 0 aromatic heterocycles. The van der Waals surface area contributed by atoms with Crippen molar-refractivity contribution >= 4 is 29.4 Å². The number of rotatable bonds is 7. The number of nitrogens with zero attached hydrogens (tertiary/aromatic N) is 2. The standard InChI is InChI=1S/C38H48N2OP/c1-6-29(7-2)30-17-19-33-35(25-30)42(41,32-15-10-9-11-16-32)36-26-31(40-23-21-39(8-3)22-24-40)18-20-34(36)38(33)37-27(4)13-12-14-28(37)5/h9-11,13,15-20,25-26,29-30,41H,6-8,12,14,21-24H2,1-5H3/q+1. The van der Waals surface area contributed by atoms with Crippen LogP contribution in [0.4, 0.5) is 5.69 Å². The van der Waals surface area contributed by atoms with Crippen LogP contribution in [0.2, 0.25) is 0 Å². The lowest BCUT2D eigenvalue weighted by Gasteiger charge is -2.38. The summed E-state index contributed by atoms with van der Waals surface area (Å²) in [5, 5.41) is 3.36. The summed E-state index contributed by atoms with van der Waals surface area (Å²) in [5.41, 5.74) is 9.23. The van der Waals surface area contributed by atoms with Crippen LogP contribution in [0.1, 0.15) is 65.9 Å². The molecule has 4 aliphatic rings. The number of likely N-dealkylation sites (N-methyl/N-ethyl adjacent to an activating group) is 1. The Bertz CT molecular complexity index is 1480. The maximum absolute atomic E-state index is 13.4. The first-order valence-electron chi connectivity index (χ1n) is 16.2. The van der Waals surface area contributed by atoms with Gasteiger partial charge in [-0.2, -0.15) is 0 Å². The highest BCUT2D eigenvalue weighted by Crippen LogP contribution is 2.68. The molecule has 42 heavy (non-hydrogen) atoms. The van der Waals surface area contributed by atoms with Crippen LogP contribution >= 0.6 is 7.49 Å². The second-order valence-electron chi connectivity index (χ2n) is 12.5. The lowest BCUT2D eigenvalue weighted by Crippen LogP contribution is -2.46. The number of anilines is 1. The molecule has 2 aliphatic carbocycles. The topological polar surface area (TPSA) is 26.7 Å². The van der Waals surface area contributed by atoms with E-state index in [-0.39, 0.29) is 0 Å².